The zero-order chi connectivity index (χ0) is 23.8. The number of H-pyrrole nitrogens is 1. The van der Waals surface area contributed by atoms with Gasteiger partial charge in [-0.25, -0.2) is 0 Å². The van der Waals surface area contributed by atoms with Gasteiger partial charge in [-0.15, -0.1) is 0 Å². The average molecular weight is 515 g/mol. The standard InChI is InChI=1S/C28H23BrN2O3/c1-17-6-8-19(9-7-17)26(32)24-25(18-10-12-21(29)13-11-18)31(28(34)27(24)33)15-14-20-16-30-23-5-3-2-4-22(20)23/h2-13,16,25,30,32H,14-15H2,1H3. The molecule has 6 heteroatoms. The van der Waals surface area contributed by atoms with E-state index in [9.17, 15) is 14.7 Å². The molecule has 1 aliphatic rings. The van der Waals surface area contributed by atoms with E-state index >= 15 is 0 Å². The van der Waals surface area contributed by atoms with E-state index in [-0.39, 0.29) is 11.3 Å². The predicted molar refractivity (Wildman–Crippen MR) is 136 cm³/mol. The first-order valence-electron chi connectivity index (χ1n) is 11.1. The van der Waals surface area contributed by atoms with Crippen LogP contribution in [0.3, 0.4) is 0 Å². The third-order valence-electron chi connectivity index (χ3n) is 6.35. The number of para-hydroxylation sites is 1. The van der Waals surface area contributed by atoms with Crippen LogP contribution in [0.5, 0.6) is 0 Å². The van der Waals surface area contributed by atoms with Crippen LogP contribution in [0.4, 0.5) is 0 Å². The molecule has 1 atom stereocenters. The highest BCUT2D eigenvalue weighted by molar-refractivity contribution is 9.10. The SMILES string of the molecule is Cc1ccc(C(O)=C2C(=O)C(=O)N(CCc3c[nH]c4ccccc34)C2c2ccc(Br)cc2)cc1. The molecule has 0 bridgehead atoms. The van der Waals surface area contributed by atoms with E-state index in [2.05, 4.69) is 20.9 Å². The minimum Gasteiger partial charge on any atom is -0.507 e. The molecule has 1 aliphatic heterocycles. The Morgan fingerprint density at radius 1 is 1.00 bits per heavy atom. The summed E-state index contributed by atoms with van der Waals surface area (Å²) >= 11 is 3.45. The fourth-order valence-electron chi connectivity index (χ4n) is 4.55. The number of aromatic amines is 1. The largest absolute Gasteiger partial charge is 0.507 e. The second kappa shape index (κ2) is 8.95. The summed E-state index contributed by atoms with van der Waals surface area (Å²) in [4.78, 5) is 31.2. The number of benzene rings is 3. The second-order valence-electron chi connectivity index (χ2n) is 8.52. The van der Waals surface area contributed by atoms with Crippen molar-refractivity contribution in [2.45, 2.75) is 19.4 Å². The van der Waals surface area contributed by atoms with Gasteiger partial charge in [-0.3, -0.25) is 9.59 Å². The number of nitrogens with zero attached hydrogens (tertiary/aromatic N) is 1. The molecule has 1 saturated heterocycles. The molecule has 5 nitrogen and oxygen atoms in total. The van der Waals surface area contributed by atoms with Gasteiger partial charge < -0.3 is 15.0 Å². The van der Waals surface area contributed by atoms with Crippen LogP contribution in [-0.2, 0) is 16.0 Å². The molecule has 0 radical (unpaired) electrons. The molecule has 34 heavy (non-hydrogen) atoms. The second-order valence-corrected chi connectivity index (χ2v) is 9.44. The van der Waals surface area contributed by atoms with Crippen molar-refractivity contribution in [1.82, 2.24) is 9.88 Å². The number of aliphatic hydroxyl groups is 1. The van der Waals surface area contributed by atoms with Crippen LogP contribution in [0.2, 0.25) is 0 Å². The van der Waals surface area contributed by atoms with Crippen LogP contribution < -0.4 is 0 Å². The van der Waals surface area contributed by atoms with Crippen molar-refractivity contribution in [3.8, 4) is 0 Å². The maximum absolute atomic E-state index is 13.2. The highest BCUT2D eigenvalue weighted by Gasteiger charge is 2.45. The molecule has 4 aromatic rings. The lowest BCUT2D eigenvalue weighted by Gasteiger charge is -2.25. The molecule has 2 heterocycles. The maximum atomic E-state index is 13.2. The van der Waals surface area contributed by atoms with Crippen molar-refractivity contribution in [2.75, 3.05) is 6.54 Å². The summed E-state index contributed by atoms with van der Waals surface area (Å²) < 4.78 is 0.894. The third kappa shape index (κ3) is 3.94. The van der Waals surface area contributed by atoms with Gasteiger partial charge >= 0.3 is 0 Å². The van der Waals surface area contributed by atoms with Crippen molar-refractivity contribution >= 4 is 44.3 Å². The monoisotopic (exact) mass is 514 g/mol. The minimum atomic E-state index is -0.667. The highest BCUT2D eigenvalue weighted by atomic mass is 79.9. The number of aryl methyl sites for hydroxylation is 1. The van der Waals surface area contributed by atoms with Gasteiger partial charge in [0.15, 0.2) is 0 Å². The quantitative estimate of drug-likeness (QED) is 0.197. The first kappa shape index (κ1) is 22.2. The van der Waals surface area contributed by atoms with Crippen molar-refractivity contribution in [3.63, 3.8) is 0 Å². The van der Waals surface area contributed by atoms with Gasteiger partial charge in [0.05, 0.1) is 11.6 Å². The zero-order valence-corrected chi connectivity index (χ0v) is 20.2. The summed E-state index contributed by atoms with van der Waals surface area (Å²) in [6, 6.07) is 22.1. The molecule has 0 saturated carbocycles. The van der Waals surface area contributed by atoms with Crippen LogP contribution in [-0.4, -0.2) is 33.2 Å². The van der Waals surface area contributed by atoms with Crippen LogP contribution >= 0.6 is 15.9 Å². The molecule has 0 aliphatic carbocycles. The number of Topliss-reactive ketones (excluding diaryl/α,β-unsaturated/α-hetero) is 1. The number of carbonyl (C=O) groups excluding carboxylic acids is 2. The molecule has 1 amide bonds. The Balaban J connectivity index is 1.56. The number of amides is 1. The Morgan fingerprint density at radius 2 is 1.71 bits per heavy atom. The number of hydrogen-bond donors (Lipinski definition) is 2. The number of nitrogens with one attached hydrogen (secondary N) is 1. The van der Waals surface area contributed by atoms with Crippen LogP contribution in [0.25, 0.3) is 16.7 Å². The summed E-state index contributed by atoms with van der Waals surface area (Å²) in [5.74, 6) is -1.41. The molecule has 0 spiro atoms. The normalized spacial score (nSPS) is 17.6. The third-order valence-corrected chi connectivity index (χ3v) is 6.88. The van der Waals surface area contributed by atoms with E-state index in [1.54, 1.807) is 17.0 Å². The number of aromatic nitrogens is 1. The van der Waals surface area contributed by atoms with Gasteiger partial charge in [-0.1, -0.05) is 76.1 Å². The number of carbonyl (C=O) groups is 2. The molecule has 2 N–H and O–H groups in total. The lowest BCUT2D eigenvalue weighted by Crippen LogP contribution is -2.31. The fraction of sp³-hybridized carbons (Fsp3) is 0.143. The number of aliphatic hydroxyl groups excluding tert-OH is 1. The Kier molecular flexibility index (Phi) is 5.84. The van der Waals surface area contributed by atoms with Gasteiger partial charge in [-0.05, 0) is 42.7 Å². The summed E-state index contributed by atoms with van der Waals surface area (Å²) in [5.41, 5.74) is 4.56. The van der Waals surface area contributed by atoms with E-state index in [1.807, 2.05) is 73.8 Å². The van der Waals surface area contributed by atoms with Gasteiger partial charge in [0.25, 0.3) is 11.7 Å². The number of likely N-dealkylation sites (tertiary alicyclic amines) is 1. The van der Waals surface area contributed by atoms with E-state index in [0.29, 0.717) is 18.5 Å². The first-order chi connectivity index (χ1) is 16.4. The van der Waals surface area contributed by atoms with Crippen LogP contribution in [0, 0.1) is 6.92 Å². The van der Waals surface area contributed by atoms with E-state index in [0.717, 1.165) is 32.1 Å². The molecule has 1 fully saturated rings. The molecule has 5 rings (SSSR count). The Labute approximate surface area is 205 Å². The maximum Gasteiger partial charge on any atom is 0.295 e. The zero-order valence-electron chi connectivity index (χ0n) is 18.6. The summed E-state index contributed by atoms with van der Waals surface area (Å²) in [6.45, 7) is 2.30. The molecule has 1 unspecified atom stereocenters. The van der Waals surface area contributed by atoms with E-state index in [4.69, 9.17) is 0 Å². The Bertz CT molecular complexity index is 1420. The van der Waals surface area contributed by atoms with Gasteiger partial charge in [-0.2, -0.15) is 0 Å². The fourth-order valence-corrected chi connectivity index (χ4v) is 4.81. The lowest BCUT2D eigenvalue weighted by atomic mass is 9.95. The van der Waals surface area contributed by atoms with Crippen molar-refractivity contribution in [2.24, 2.45) is 0 Å². The van der Waals surface area contributed by atoms with Crippen molar-refractivity contribution in [1.29, 1.82) is 0 Å². The van der Waals surface area contributed by atoms with Crippen molar-refractivity contribution in [3.05, 3.63) is 111 Å². The number of rotatable bonds is 5. The number of halogens is 1. The Hall–Kier alpha value is -3.64. The van der Waals surface area contributed by atoms with Crippen LogP contribution in [0.1, 0.15) is 28.3 Å². The summed E-state index contributed by atoms with van der Waals surface area (Å²) in [5, 5.41) is 12.3. The number of ketones is 1. The Morgan fingerprint density at radius 3 is 2.44 bits per heavy atom. The van der Waals surface area contributed by atoms with E-state index in [1.165, 1.54) is 0 Å². The smallest absolute Gasteiger partial charge is 0.295 e. The van der Waals surface area contributed by atoms with Crippen molar-refractivity contribution < 1.29 is 14.7 Å². The van der Waals surface area contributed by atoms with Gasteiger partial charge in [0, 0.05) is 33.7 Å². The molecule has 170 valence electrons. The number of hydrogen-bond acceptors (Lipinski definition) is 3. The first-order valence-corrected chi connectivity index (χ1v) is 11.9. The molecular weight excluding hydrogens is 492 g/mol. The average Bonchev–Trinajstić information content (AvgIpc) is 3.37. The highest BCUT2D eigenvalue weighted by Crippen LogP contribution is 2.40. The molecular formula is C28H23BrN2O3. The minimum absolute atomic E-state index is 0.120. The molecule has 1 aromatic heterocycles. The summed E-state index contributed by atoms with van der Waals surface area (Å²) in [7, 11) is 0. The predicted octanol–water partition coefficient (Wildman–Crippen LogP) is 5.90. The van der Waals surface area contributed by atoms with Gasteiger partial charge in [0.1, 0.15) is 5.76 Å². The molecule has 3 aromatic carbocycles. The number of fused-ring (bicyclic) bond motifs is 1. The summed E-state index contributed by atoms with van der Waals surface area (Å²) in [6.07, 6.45) is 2.52. The van der Waals surface area contributed by atoms with E-state index < -0.39 is 17.7 Å². The van der Waals surface area contributed by atoms with Crippen LogP contribution in [0.15, 0.2) is 89.0 Å². The topological polar surface area (TPSA) is 73.4 Å². The lowest BCUT2D eigenvalue weighted by molar-refractivity contribution is -0.139. The van der Waals surface area contributed by atoms with Gasteiger partial charge in [0.2, 0.25) is 0 Å².